The average Bonchev–Trinajstić information content (AvgIpc) is 3.05. The van der Waals surface area contributed by atoms with Crippen molar-refractivity contribution in [2.45, 2.75) is 24.1 Å². The van der Waals surface area contributed by atoms with E-state index in [9.17, 15) is 4.39 Å². The SMILES string of the molecule is CSC1(Cn2c(N)nc3cc(I)c(F)cc32)CC1. The molecule has 1 saturated carbocycles. The Morgan fingerprint density at radius 3 is 2.89 bits per heavy atom. The van der Waals surface area contributed by atoms with E-state index in [-0.39, 0.29) is 10.6 Å². The second-order valence-electron chi connectivity index (χ2n) is 4.70. The number of thioether (sulfide) groups is 1. The maximum Gasteiger partial charge on any atom is 0.201 e. The molecule has 1 aromatic heterocycles. The van der Waals surface area contributed by atoms with Gasteiger partial charge in [0.05, 0.1) is 14.6 Å². The lowest BCUT2D eigenvalue weighted by Crippen LogP contribution is -2.15. The number of hydrogen-bond acceptors (Lipinski definition) is 3. The predicted octanol–water partition coefficient (Wildman–Crippen LogP) is 3.26. The van der Waals surface area contributed by atoms with Crippen LogP contribution in [-0.2, 0) is 6.54 Å². The topological polar surface area (TPSA) is 43.8 Å². The highest BCUT2D eigenvalue weighted by atomic mass is 127. The number of nitrogens with two attached hydrogens (primary N) is 1. The van der Waals surface area contributed by atoms with E-state index >= 15 is 0 Å². The number of rotatable bonds is 3. The summed E-state index contributed by atoms with van der Waals surface area (Å²) < 4.78 is 16.5. The van der Waals surface area contributed by atoms with Gasteiger partial charge in [0.1, 0.15) is 5.82 Å². The first-order valence-corrected chi connectivity index (χ1v) is 8.01. The molecule has 0 spiro atoms. The van der Waals surface area contributed by atoms with Crippen LogP contribution in [0.25, 0.3) is 11.0 Å². The van der Waals surface area contributed by atoms with Crippen molar-refractivity contribution in [2.75, 3.05) is 12.0 Å². The molecule has 0 saturated heterocycles. The molecule has 0 radical (unpaired) electrons. The molecule has 2 aromatic rings. The van der Waals surface area contributed by atoms with Crippen LogP contribution in [0, 0.1) is 9.39 Å². The first kappa shape index (κ1) is 12.5. The maximum atomic E-state index is 13.7. The molecule has 0 bridgehead atoms. The Morgan fingerprint density at radius 2 is 2.28 bits per heavy atom. The number of nitrogen functional groups attached to an aromatic ring is 1. The zero-order valence-electron chi connectivity index (χ0n) is 9.91. The number of benzene rings is 1. The van der Waals surface area contributed by atoms with Crippen molar-refractivity contribution in [1.29, 1.82) is 0 Å². The van der Waals surface area contributed by atoms with E-state index in [0.717, 1.165) is 17.6 Å². The van der Waals surface area contributed by atoms with Crippen molar-refractivity contribution in [3.8, 4) is 0 Å². The third-order valence-electron chi connectivity index (χ3n) is 3.51. The minimum Gasteiger partial charge on any atom is -0.369 e. The van der Waals surface area contributed by atoms with Crippen molar-refractivity contribution < 1.29 is 4.39 Å². The van der Waals surface area contributed by atoms with Crippen LogP contribution in [0.3, 0.4) is 0 Å². The number of halogens is 2. The van der Waals surface area contributed by atoms with Crippen LogP contribution in [-0.4, -0.2) is 20.6 Å². The first-order valence-electron chi connectivity index (χ1n) is 5.71. The summed E-state index contributed by atoms with van der Waals surface area (Å²) in [6, 6.07) is 3.29. The molecule has 0 unspecified atom stereocenters. The lowest BCUT2D eigenvalue weighted by atomic mass is 10.3. The van der Waals surface area contributed by atoms with Gasteiger partial charge in [0.25, 0.3) is 0 Å². The monoisotopic (exact) mass is 377 g/mol. The van der Waals surface area contributed by atoms with Gasteiger partial charge in [-0.3, -0.25) is 0 Å². The summed E-state index contributed by atoms with van der Waals surface area (Å²) in [6.07, 6.45) is 4.51. The standard InChI is InChI=1S/C12H13FIN3S/c1-18-12(2-3-12)6-17-10-4-7(13)8(14)5-9(10)16-11(17)15/h4-5H,2-3,6H2,1H3,(H2,15,16). The molecule has 6 heteroatoms. The van der Waals surface area contributed by atoms with E-state index in [4.69, 9.17) is 5.73 Å². The molecule has 96 valence electrons. The van der Waals surface area contributed by atoms with Crippen LogP contribution in [0.4, 0.5) is 10.3 Å². The van der Waals surface area contributed by atoms with Gasteiger partial charge in [-0.05, 0) is 47.8 Å². The number of hydrogen-bond donors (Lipinski definition) is 1. The van der Waals surface area contributed by atoms with Gasteiger partial charge < -0.3 is 10.3 Å². The number of nitrogens with zero attached hydrogens (tertiary/aromatic N) is 2. The zero-order chi connectivity index (χ0) is 12.9. The average molecular weight is 377 g/mol. The number of anilines is 1. The number of aromatic nitrogens is 2. The first-order chi connectivity index (χ1) is 8.54. The van der Waals surface area contributed by atoms with E-state index in [1.165, 1.54) is 18.9 Å². The smallest absolute Gasteiger partial charge is 0.201 e. The van der Waals surface area contributed by atoms with Gasteiger partial charge in [-0.15, -0.1) is 0 Å². The van der Waals surface area contributed by atoms with E-state index < -0.39 is 0 Å². The van der Waals surface area contributed by atoms with Gasteiger partial charge in [0.15, 0.2) is 0 Å². The summed E-state index contributed by atoms with van der Waals surface area (Å²) in [4.78, 5) is 4.32. The normalized spacial score (nSPS) is 17.3. The molecule has 0 amide bonds. The molecule has 0 aliphatic heterocycles. The summed E-state index contributed by atoms with van der Waals surface area (Å²) in [5, 5.41) is 0. The number of imidazole rings is 1. The Kier molecular flexibility index (Phi) is 2.97. The Bertz CT molecular complexity index is 621. The third kappa shape index (κ3) is 1.99. The molecule has 1 aliphatic carbocycles. The maximum absolute atomic E-state index is 13.7. The van der Waals surface area contributed by atoms with Gasteiger partial charge in [-0.2, -0.15) is 11.8 Å². The molecule has 1 aromatic carbocycles. The molecule has 3 rings (SSSR count). The molecular weight excluding hydrogens is 364 g/mol. The predicted molar refractivity (Wildman–Crippen MR) is 82.3 cm³/mol. The highest BCUT2D eigenvalue weighted by molar-refractivity contribution is 14.1. The van der Waals surface area contributed by atoms with E-state index in [0.29, 0.717) is 9.52 Å². The van der Waals surface area contributed by atoms with E-state index in [1.54, 1.807) is 6.07 Å². The van der Waals surface area contributed by atoms with Gasteiger partial charge in [-0.1, -0.05) is 0 Å². The second-order valence-corrected chi connectivity index (χ2v) is 7.13. The lowest BCUT2D eigenvalue weighted by molar-refractivity contribution is 0.619. The quantitative estimate of drug-likeness (QED) is 0.836. The summed E-state index contributed by atoms with van der Waals surface area (Å²) in [6.45, 7) is 0.816. The third-order valence-corrected chi connectivity index (χ3v) is 5.74. The van der Waals surface area contributed by atoms with E-state index in [1.807, 2.05) is 38.9 Å². The molecule has 1 fully saturated rings. The fourth-order valence-corrected chi connectivity index (χ4v) is 3.38. The van der Waals surface area contributed by atoms with Gasteiger partial charge in [-0.25, -0.2) is 9.37 Å². The van der Waals surface area contributed by atoms with Crippen molar-refractivity contribution in [3.05, 3.63) is 21.5 Å². The van der Waals surface area contributed by atoms with Crippen LogP contribution < -0.4 is 5.73 Å². The molecule has 3 nitrogen and oxygen atoms in total. The molecule has 18 heavy (non-hydrogen) atoms. The van der Waals surface area contributed by atoms with Gasteiger partial charge in [0, 0.05) is 17.4 Å². The largest absolute Gasteiger partial charge is 0.369 e. The Balaban J connectivity index is 2.10. The minimum absolute atomic E-state index is 0.210. The van der Waals surface area contributed by atoms with Crippen molar-refractivity contribution in [2.24, 2.45) is 0 Å². The van der Waals surface area contributed by atoms with Crippen molar-refractivity contribution in [1.82, 2.24) is 9.55 Å². The highest BCUT2D eigenvalue weighted by Crippen LogP contribution is 2.49. The van der Waals surface area contributed by atoms with Crippen LogP contribution in [0.1, 0.15) is 12.8 Å². The Morgan fingerprint density at radius 1 is 1.56 bits per heavy atom. The minimum atomic E-state index is -0.210. The summed E-state index contributed by atoms with van der Waals surface area (Å²) in [5.41, 5.74) is 7.53. The zero-order valence-corrected chi connectivity index (χ0v) is 12.9. The fourth-order valence-electron chi connectivity index (χ4n) is 2.16. The van der Waals surface area contributed by atoms with Crippen molar-refractivity contribution >= 4 is 51.3 Å². The second kappa shape index (κ2) is 4.26. The molecule has 0 atom stereocenters. The van der Waals surface area contributed by atoms with Crippen LogP contribution >= 0.6 is 34.4 Å². The number of fused-ring (bicyclic) bond motifs is 1. The van der Waals surface area contributed by atoms with Crippen LogP contribution in [0.2, 0.25) is 0 Å². The fraction of sp³-hybridized carbons (Fsp3) is 0.417. The Labute approximate surface area is 122 Å². The highest BCUT2D eigenvalue weighted by Gasteiger charge is 2.42. The molecule has 1 aliphatic rings. The summed E-state index contributed by atoms with van der Waals surface area (Å²) in [5.74, 6) is 0.268. The summed E-state index contributed by atoms with van der Waals surface area (Å²) >= 11 is 3.83. The van der Waals surface area contributed by atoms with Gasteiger partial charge >= 0.3 is 0 Å². The van der Waals surface area contributed by atoms with Gasteiger partial charge in [0.2, 0.25) is 5.95 Å². The summed E-state index contributed by atoms with van der Waals surface area (Å²) in [7, 11) is 0. The molecule has 2 N–H and O–H groups in total. The molecule has 1 heterocycles. The Hall–Kier alpha value is -0.500. The van der Waals surface area contributed by atoms with E-state index in [2.05, 4.69) is 11.2 Å². The molecular formula is C12H13FIN3S. The van der Waals surface area contributed by atoms with Crippen LogP contribution in [0.15, 0.2) is 12.1 Å². The lowest BCUT2D eigenvalue weighted by Gasteiger charge is -2.14. The van der Waals surface area contributed by atoms with Crippen molar-refractivity contribution in [3.63, 3.8) is 0 Å². The van der Waals surface area contributed by atoms with Crippen LogP contribution in [0.5, 0.6) is 0 Å².